The third kappa shape index (κ3) is 3.18. The highest BCUT2D eigenvalue weighted by molar-refractivity contribution is 9.10. The van der Waals surface area contributed by atoms with E-state index in [0.29, 0.717) is 11.3 Å². The van der Waals surface area contributed by atoms with Gasteiger partial charge < -0.3 is 5.11 Å². The average Bonchev–Trinajstić information content (AvgIpc) is 2.56. The Morgan fingerprint density at radius 2 is 1.84 bits per heavy atom. The summed E-state index contributed by atoms with van der Waals surface area (Å²) < 4.78 is 0.835. The lowest BCUT2D eigenvalue weighted by molar-refractivity contribution is -0.122. The van der Waals surface area contributed by atoms with E-state index in [-0.39, 0.29) is 11.3 Å². The summed E-state index contributed by atoms with van der Waals surface area (Å²) in [6.07, 6.45) is 1.26. The Balaban J connectivity index is 2.05. The molecular formula is C18H13BrN2O4. The number of carbonyl (C=O) groups excluding carboxylic acids is 3. The molecule has 0 atom stereocenters. The number of benzene rings is 2. The first-order valence-corrected chi connectivity index (χ1v) is 8.13. The summed E-state index contributed by atoms with van der Waals surface area (Å²) >= 11 is 3.36. The first-order chi connectivity index (χ1) is 11.9. The van der Waals surface area contributed by atoms with Gasteiger partial charge in [-0.15, -0.1) is 0 Å². The van der Waals surface area contributed by atoms with Crippen molar-refractivity contribution in [2.24, 2.45) is 0 Å². The molecule has 4 amide bonds. The molecule has 1 saturated heterocycles. The van der Waals surface area contributed by atoms with Crippen molar-refractivity contribution in [3.8, 4) is 5.75 Å². The summed E-state index contributed by atoms with van der Waals surface area (Å²) in [4.78, 5) is 37.9. The number of imide groups is 2. The minimum atomic E-state index is -0.814. The van der Waals surface area contributed by atoms with Gasteiger partial charge >= 0.3 is 6.03 Å². The zero-order valence-corrected chi connectivity index (χ0v) is 14.7. The minimum Gasteiger partial charge on any atom is -0.507 e. The van der Waals surface area contributed by atoms with Gasteiger partial charge in [-0.05, 0) is 42.8 Å². The summed E-state index contributed by atoms with van der Waals surface area (Å²) in [6, 6.07) is 10.5. The van der Waals surface area contributed by atoms with Crippen molar-refractivity contribution in [3.63, 3.8) is 0 Å². The summed E-state index contributed by atoms with van der Waals surface area (Å²) in [7, 11) is 0. The van der Waals surface area contributed by atoms with Crippen molar-refractivity contribution < 1.29 is 19.5 Å². The minimum absolute atomic E-state index is 0.0708. The van der Waals surface area contributed by atoms with Gasteiger partial charge in [0.05, 0.1) is 5.69 Å². The summed E-state index contributed by atoms with van der Waals surface area (Å²) in [6.45, 7) is 1.82. The van der Waals surface area contributed by atoms with Crippen molar-refractivity contribution in [2.75, 3.05) is 4.90 Å². The monoisotopic (exact) mass is 400 g/mol. The second-order valence-corrected chi connectivity index (χ2v) is 6.30. The Morgan fingerprint density at radius 1 is 1.12 bits per heavy atom. The van der Waals surface area contributed by atoms with Crippen LogP contribution < -0.4 is 10.2 Å². The molecule has 25 heavy (non-hydrogen) atoms. The van der Waals surface area contributed by atoms with Gasteiger partial charge in [-0.3, -0.25) is 14.9 Å². The van der Waals surface area contributed by atoms with Crippen LogP contribution in [0.5, 0.6) is 5.75 Å². The Morgan fingerprint density at radius 3 is 2.52 bits per heavy atom. The molecule has 0 unspecified atom stereocenters. The van der Waals surface area contributed by atoms with Crippen LogP contribution in [-0.4, -0.2) is 23.0 Å². The number of hydrogen-bond acceptors (Lipinski definition) is 4. The fraction of sp³-hybridized carbons (Fsp3) is 0.0556. The Bertz CT molecular complexity index is 936. The smallest absolute Gasteiger partial charge is 0.335 e. The first kappa shape index (κ1) is 16.9. The zero-order valence-electron chi connectivity index (χ0n) is 13.1. The molecule has 0 radical (unpaired) electrons. The molecule has 0 spiro atoms. The Kier molecular flexibility index (Phi) is 4.41. The highest BCUT2D eigenvalue weighted by Gasteiger charge is 2.37. The fourth-order valence-electron chi connectivity index (χ4n) is 2.42. The van der Waals surface area contributed by atoms with Crippen LogP contribution in [0, 0.1) is 6.92 Å². The van der Waals surface area contributed by atoms with Crippen molar-refractivity contribution in [3.05, 3.63) is 63.6 Å². The SMILES string of the molecule is Cc1cc(N2C(=O)NC(=O)/C(=C\c3ccccc3O)C2=O)ccc1Br. The van der Waals surface area contributed by atoms with Crippen LogP contribution in [0.2, 0.25) is 0 Å². The van der Waals surface area contributed by atoms with E-state index in [0.717, 1.165) is 14.9 Å². The van der Waals surface area contributed by atoms with Crippen LogP contribution in [-0.2, 0) is 9.59 Å². The topological polar surface area (TPSA) is 86.7 Å². The predicted molar refractivity (Wildman–Crippen MR) is 96.0 cm³/mol. The highest BCUT2D eigenvalue weighted by Crippen LogP contribution is 2.27. The maximum Gasteiger partial charge on any atom is 0.335 e. The Hall–Kier alpha value is -2.93. The van der Waals surface area contributed by atoms with E-state index in [1.54, 1.807) is 36.4 Å². The number of rotatable bonds is 2. The summed E-state index contributed by atoms with van der Waals surface area (Å²) in [5.41, 5.74) is 1.25. The number of nitrogens with one attached hydrogen (secondary N) is 1. The molecule has 2 aromatic rings. The molecular weight excluding hydrogens is 388 g/mol. The van der Waals surface area contributed by atoms with Gasteiger partial charge in [0, 0.05) is 10.0 Å². The van der Waals surface area contributed by atoms with E-state index >= 15 is 0 Å². The van der Waals surface area contributed by atoms with Gasteiger partial charge in [0.1, 0.15) is 11.3 Å². The van der Waals surface area contributed by atoms with Crippen molar-refractivity contribution in [2.45, 2.75) is 6.92 Å². The maximum atomic E-state index is 12.7. The number of halogens is 1. The van der Waals surface area contributed by atoms with E-state index < -0.39 is 17.8 Å². The number of amides is 4. The third-order valence-electron chi connectivity index (χ3n) is 3.74. The van der Waals surface area contributed by atoms with Gasteiger partial charge in [0.15, 0.2) is 0 Å². The third-order valence-corrected chi connectivity index (χ3v) is 4.63. The number of aromatic hydroxyl groups is 1. The zero-order chi connectivity index (χ0) is 18.1. The van der Waals surface area contributed by atoms with E-state index in [9.17, 15) is 19.5 Å². The molecule has 0 bridgehead atoms. The molecule has 1 aliphatic heterocycles. The molecule has 3 rings (SSSR count). The van der Waals surface area contributed by atoms with Crippen molar-refractivity contribution in [1.82, 2.24) is 5.32 Å². The lowest BCUT2D eigenvalue weighted by Gasteiger charge is -2.26. The standard InChI is InChI=1S/C18H13BrN2O4/c1-10-8-12(6-7-14(10)19)21-17(24)13(16(23)20-18(21)25)9-11-4-2-3-5-15(11)22/h2-9,22H,1H3,(H,20,23,25)/b13-9+. The number of aryl methyl sites for hydroxylation is 1. The van der Waals surface area contributed by atoms with Gasteiger partial charge in [0.25, 0.3) is 11.8 Å². The number of anilines is 1. The Labute approximate surface area is 151 Å². The summed E-state index contributed by atoms with van der Waals surface area (Å²) in [5, 5.41) is 12.0. The molecule has 1 fully saturated rings. The maximum absolute atomic E-state index is 12.7. The molecule has 1 aliphatic rings. The number of carbonyl (C=O) groups is 3. The number of phenolic OH excluding ortho intramolecular Hbond substituents is 1. The molecule has 2 aromatic carbocycles. The van der Waals surface area contributed by atoms with Crippen LogP contribution in [0.25, 0.3) is 6.08 Å². The van der Waals surface area contributed by atoms with Crippen molar-refractivity contribution in [1.29, 1.82) is 0 Å². The lowest BCUT2D eigenvalue weighted by atomic mass is 10.1. The highest BCUT2D eigenvalue weighted by atomic mass is 79.9. The lowest BCUT2D eigenvalue weighted by Crippen LogP contribution is -2.54. The second kappa shape index (κ2) is 6.52. The molecule has 7 heteroatoms. The van der Waals surface area contributed by atoms with Crippen molar-refractivity contribution >= 4 is 45.5 Å². The molecule has 6 nitrogen and oxygen atoms in total. The van der Waals surface area contributed by atoms with Crippen LogP contribution in [0.3, 0.4) is 0 Å². The van der Waals surface area contributed by atoms with Gasteiger partial charge in [0.2, 0.25) is 0 Å². The van der Waals surface area contributed by atoms with Crippen LogP contribution >= 0.6 is 15.9 Å². The average molecular weight is 401 g/mol. The quantitative estimate of drug-likeness (QED) is 0.598. The number of phenols is 1. The molecule has 0 aromatic heterocycles. The largest absolute Gasteiger partial charge is 0.507 e. The molecule has 0 saturated carbocycles. The molecule has 0 aliphatic carbocycles. The van der Waals surface area contributed by atoms with Crippen LogP contribution in [0.4, 0.5) is 10.5 Å². The normalized spacial score (nSPS) is 16.3. The number of nitrogens with zero attached hydrogens (tertiary/aromatic N) is 1. The van der Waals surface area contributed by atoms with E-state index in [2.05, 4.69) is 21.2 Å². The number of urea groups is 1. The fourth-order valence-corrected chi connectivity index (χ4v) is 2.67. The van der Waals surface area contributed by atoms with Gasteiger partial charge in [-0.1, -0.05) is 34.1 Å². The second-order valence-electron chi connectivity index (χ2n) is 5.45. The van der Waals surface area contributed by atoms with Crippen LogP contribution in [0.15, 0.2) is 52.5 Å². The van der Waals surface area contributed by atoms with E-state index in [4.69, 9.17) is 0 Å². The summed E-state index contributed by atoms with van der Waals surface area (Å²) in [5.74, 6) is -1.62. The number of barbiturate groups is 1. The van der Waals surface area contributed by atoms with Gasteiger partial charge in [-0.25, -0.2) is 9.69 Å². The number of hydrogen-bond donors (Lipinski definition) is 2. The predicted octanol–water partition coefficient (Wildman–Crippen LogP) is 3.13. The number of para-hydroxylation sites is 1. The van der Waals surface area contributed by atoms with E-state index in [1.807, 2.05) is 6.92 Å². The van der Waals surface area contributed by atoms with Gasteiger partial charge in [-0.2, -0.15) is 0 Å². The van der Waals surface area contributed by atoms with E-state index in [1.165, 1.54) is 12.1 Å². The molecule has 126 valence electrons. The first-order valence-electron chi connectivity index (χ1n) is 7.34. The van der Waals surface area contributed by atoms with Crippen LogP contribution in [0.1, 0.15) is 11.1 Å². The molecule has 1 heterocycles. The molecule has 2 N–H and O–H groups in total.